The number of benzene rings is 1. The predicted octanol–water partition coefficient (Wildman–Crippen LogP) is 4.48. The van der Waals surface area contributed by atoms with Crippen LogP contribution in [0.4, 0.5) is 13.2 Å². The first-order valence-electron chi connectivity index (χ1n) is 6.73. The number of aldehydes is 1. The molecule has 0 bridgehead atoms. The Labute approximate surface area is 115 Å². The molecule has 20 heavy (non-hydrogen) atoms. The quantitative estimate of drug-likeness (QED) is 0.766. The lowest BCUT2D eigenvalue weighted by atomic mass is 9.89. The third-order valence-electron chi connectivity index (χ3n) is 3.72. The minimum Gasteiger partial charge on any atom is -0.490 e. The molecule has 0 unspecified atom stereocenters. The molecule has 2 rings (SSSR count). The van der Waals surface area contributed by atoms with Crippen LogP contribution in [0.5, 0.6) is 5.75 Å². The first-order valence-corrected chi connectivity index (χ1v) is 6.73. The molecular weight excluding hydrogens is 269 g/mol. The zero-order valence-electron chi connectivity index (χ0n) is 11.2. The highest BCUT2D eigenvalue weighted by Crippen LogP contribution is 2.35. The van der Waals surface area contributed by atoms with Gasteiger partial charge in [-0.1, -0.05) is 6.92 Å². The summed E-state index contributed by atoms with van der Waals surface area (Å²) in [6.45, 7) is 2.16. The molecule has 1 aromatic carbocycles. The van der Waals surface area contributed by atoms with Crippen LogP contribution < -0.4 is 4.74 Å². The molecule has 5 heteroatoms. The van der Waals surface area contributed by atoms with Crippen molar-refractivity contribution in [2.24, 2.45) is 5.92 Å². The highest BCUT2D eigenvalue weighted by Gasteiger charge is 2.34. The third-order valence-corrected chi connectivity index (χ3v) is 3.72. The molecule has 0 aromatic heterocycles. The Bertz CT molecular complexity index is 474. The van der Waals surface area contributed by atoms with Crippen LogP contribution in [0.2, 0.25) is 0 Å². The molecule has 0 saturated heterocycles. The maximum absolute atomic E-state index is 12.8. The van der Waals surface area contributed by atoms with Gasteiger partial charge in [0.2, 0.25) is 0 Å². The maximum atomic E-state index is 12.8. The molecule has 110 valence electrons. The highest BCUT2D eigenvalue weighted by molar-refractivity contribution is 5.78. The van der Waals surface area contributed by atoms with E-state index in [1.165, 1.54) is 6.07 Å². The highest BCUT2D eigenvalue weighted by atomic mass is 19.4. The van der Waals surface area contributed by atoms with Crippen LogP contribution in [0, 0.1) is 5.92 Å². The van der Waals surface area contributed by atoms with E-state index in [9.17, 15) is 18.0 Å². The van der Waals surface area contributed by atoms with Gasteiger partial charge in [-0.2, -0.15) is 13.2 Å². The predicted molar refractivity (Wildman–Crippen MR) is 68.9 cm³/mol. The van der Waals surface area contributed by atoms with Gasteiger partial charge in [-0.25, -0.2) is 0 Å². The monoisotopic (exact) mass is 286 g/mol. The van der Waals surface area contributed by atoms with Gasteiger partial charge in [-0.05, 0) is 49.8 Å². The lowest BCUT2D eigenvalue weighted by Gasteiger charge is -2.27. The first kappa shape index (κ1) is 14.9. The molecule has 2 nitrogen and oxygen atoms in total. The van der Waals surface area contributed by atoms with Gasteiger partial charge in [0, 0.05) is 5.56 Å². The zero-order chi connectivity index (χ0) is 14.8. The number of alkyl halides is 3. The van der Waals surface area contributed by atoms with Crippen molar-refractivity contribution >= 4 is 6.29 Å². The maximum Gasteiger partial charge on any atom is 0.417 e. The van der Waals surface area contributed by atoms with Crippen molar-refractivity contribution in [1.82, 2.24) is 0 Å². The van der Waals surface area contributed by atoms with E-state index in [0.29, 0.717) is 5.92 Å². The largest absolute Gasteiger partial charge is 0.490 e. The number of ether oxygens (including phenoxy) is 1. The van der Waals surface area contributed by atoms with Gasteiger partial charge in [0.05, 0.1) is 11.7 Å². The van der Waals surface area contributed by atoms with Crippen LogP contribution in [0.15, 0.2) is 18.2 Å². The summed E-state index contributed by atoms with van der Waals surface area (Å²) in [5.41, 5.74) is -1.30. The van der Waals surface area contributed by atoms with E-state index in [-0.39, 0.29) is 23.7 Å². The number of hydrogen-bond donors (Lipinski definition) is 0. The van der Waals surface area contributed by atoms with Crippen molar-refractivity contribution in [2.45, 2.75) is 44.9 Å². The summed E-state index contributed by atoms with van der Waals surface area (Å²) in [7, 11) is 0. The van der Waals surface area contributed by atoms with Crippen molar-refractivity contribution in [3.05, 3.63) is 29.3 Å². The van der Waals surface area contributed by atoms with Crippen LogP contribution in [-0.4, -0.2) is 12.4 Å². The summed E-state index contributed by atoms with van der Waals surface area (Å²) in [6, 6.07) is 3.51. The van der Waals surface area contributed by atoms with E-state index >= 15 is 0 Å². The Balaban J connectivity index is 2.15. The van der Waals surface area contributed by atoms with Gasteiger partial charge < -0.3 is 4.74 Å². The fraction of sp³-hybridized carbons (Fsp3) is 0.533. The molecule has 1 aromatic rings. The Morgan fingerprint density at radius 3 is 2.40 bits per heavy atom. The van der Waals surface area contributed by atoms with E-state index in [1.807, 2.05) is 0 Å². The van der Waals surface area contributed by atoms with Crippen molar-refractivity contribution in [1.29, 1.82) is 0 Å². The van der Waals surface area contributed by atoms with E-state index in [0.717, 1.165) is 37.8 Å². The van der Waals surface area contributed by atoms with E-state index < -0.39 is 11.7 Å². The van der Waals surface area contributed by atoms with Crippen molar-refractivity contribution in [2.75, 3.05) is 0 Å². The van der Waals surface area contributed by atoms with Gasteiger partial charge in [0.15, 0.2) is 6.29 Å². The van der Waals surface area contributed by atoms with Gasteiger partial charge in [-0.3, -0.25) is 4.79 Å². The summed E-state index contributed by atoms with van der Waals surface area (Å²) in [4.78, 5) is 10.7. The minimum atomic E-state index is -4.54. The Morgan fingerprint density at radius 1 is 1.20 bits per heavy atom. The zero-order valence-corrected chi connectivity index (χ0v) is 11.2. The summed E-state index contributed by atoms with van der Waals surface area (Å²) in [6.07, 6.45) is -0.581. The average Bonchev–Trinajstić information content (AvgIpc) is 2.40. The minimum absolute atomic E-state index is 0.0330. The third kappa shape index (κ3) is 3.52. The Morgan fingerprint density at radius 2 is 1.85 bits per heavy atom. The number of carbonyl (C=O) groups excluding carboxylic acids is 1. The lowest BCUT2D eigenvalue weighted by Crippen LogP contribution is -2.23. The molecule has 1 fully saturated rings. The number of hydrogen-bond acceptors (Lipinski definition) is 2. The van der Waals surface area contributed by atoms with Crippen molar-refractivity contribution in [3.63, 3.8) is 0 Å². The van der Waals surface area contributed by atoms with E-state index in [1.54, 1.807) is 0 Å². The molecule has 0 spiro atoms. The second kappa shape index (κ2) is 5.85. The first-order chi connectivity index (χ1) is 9.40. The molecule has 0 N–H and O–H groups in total. The molecule has 0 amide bonds. The Kier molecular flexibility index (Phi) is 4.35. The van der Waals surface area contributed by atoms with Crippen LogP contribution in [0.25, 0.3) is 0 Å². The fourth-order valence-corrected chi connectivity index (χ4v) is 2.50. The van der Waals surface area contributed by atoms with Crippen molar-refractivity contribution < 1.29 is 22.7 Å². The Hall–Kier alpha value is -1.52. The fourth-order valence-electron chi connectivity index (χ4n) is 2.50. The van der Waals surface area contributed by atoms with Crippen LogP contribution in [0.3, 0.4) is 0 Å². The van der Waals surface area contributed by atoms with Crippen LogP contribution >= 0.6 is 0 Å². The SMILES string of the molecule is CC1CCC(Oc2ccc(C=O)c(C(F)(F)F)c2)CC1. The van der Waals surface area contributed by atoms with Crippen LogP contribution in [0.1, 0.15) is 48.5 Å². The van der Waals surface area contributed by atoms with Gasteiger partial charge in [0.1, 0.15) is 5.75 Å². The molecule has 0 heterocycles. The second-order valence-electron chi connectivity index (χ2n) is 5.36. The molecule has 1 aliphatic rings. The van der Waals surface area contributed by atoms with E-state index in [4.69, 9.17) is 4.74 Å². The number of carbonyl (C=O) groups is 1. The number of rotatable bonds is 3. The topological polar surface area (TPSA) is 26.3 Å². The van der Waals surface area contributed by atoms with Gasteiger partial charge in [0.25, 0.3) is 0 Å². The number of halogens is 3. The molecule has 1 aliphatic carbocycles. The molecule has 0 atom stereocenters. The average molecular weight is 286 g/mol. The molecular formula is C15H17F3O2. The molecule has 0 radical (unpaired) electrons. The summed E-state index contributed by atoms with van der Waals surface area (Å²) in [5.74, 6) is 0.834. The molecule has 1 saturated carbocycles. The lowest BCUT2D eigenvalue weighted by molar-refractivity contribution is -0.138. The smallest absolute Gasteiger partial charge is 0.417 e. The van der Waals surface area contributed by atoms with Crippen LogP contribution in [-0.2, 0) is 6.18 Å². The standard InChI is InChI=1S/C15H17F3O2/c1-10-2-5-12(6-3-10)20-13-7-4-11(9-19)14(8-13)15(16,17)18/h4,7-10,12H,2-3,5-6H2,1H3. The normalized spacial score (nSPS) is 23.4. The summed E-state index contributed by atoms with van der Waals surface area (Å²) < 4.78 is 44.1. The van der Waals surface area contributed by atoms with Gasteiger partial charge in [-0.15, -0.1) is 0 Å². The summed E-state index contributed by atoms with van der Waals surface area (Å²) in [5, 5.41) is 0. The second-order valence-corrected chi connectivity index (χ2v) is 5.36. The molecule has 0 aliphatic heterocycles. The van der Waals surface area contributed by atoms with Crippen molar-refractivity contribution in [3.8, 4) is 5.75 Å². The van der Waals surface area contributed by atoms with E-state index in [2.05, 4.69) is 6.92 Å². The summed E-state index contributed by atoms with van der Waals surface area (Å²) >= 11 is 0. The van der Waals surface area contributed by atoms with Gasteiger partial charge >= 0.3 is 6.18 Å².